The molecule has 1 aliphatic carbocycles. The third kappa shape index (κ3) is 1.40. The number of nitrogens with one attached hydrogen (secondary N) is 1. The third-order valence-corrected chi connectivity index (χ3v) is 3.33. The Morgan fingerprint density at radius 1 is 1.24 bits per heavy atom. The first kappa shape index (κ1) is 10.4. The summed E-state index contributed by atoms with van der Waals surface area (Å²) in [6.45, 7) is 0. The van der Waals surface area contributed by atoms with E-state index in [1.807, 2.05) is 0 Å². The van der Waals surface area contributed by atoms with Crippen LogP contribution in [0.1, 0.15) is 17.7 Å². The summed E-state index contributed by atoms with van der Waals surface area (Å²) in [5, 5.41) is 3.75. The van der Waals surface area contributed by atoms with Gasteiger partial charge in [-0.3, -0.25) is 0 Å². The van der Waals surface area contributed by atoms with E-state index in [2.05, 4.69) is 10.3 Å². The number of benzene rings is 1. The molecule has 2 nitrogen and oxygen atoms in total. The van der Waals surface area contributed by atoms with Gasteiger partial charge >= 0.3 is 0 Å². The first-order chi connectivity index (χ1) is 8.22. The van der Waals surface area contributed by atoms with Crippen molar-refractivity contribution in [1.82, 2.24) is 4.98 Å². The van der Waals surface area contributed by atoms with Gasteiger partial charge in [-0.2, -0.15) is 0 Å². The quantitative estimate of drug-likeness (QED) is 0.820. The van der Waals surface area contributed by atoms with E-state index in [0.29, 0.717) is 5.39 Å². The average Bonchev–Trinajstić information content (AvgIpc) is 2.79. The smallest absolute Gasteiger partial charge is 0.185 e. The minimum absolute atomic E-state index is 0.134. The van der Waals surface area contributed by atoms with Crippen LogP contribution >= 0.6 is 0 Å². The number of fused-ring (bicyclic) bond motifs is 2. The van der Waals surface area contributed by atoms with Crippen molar-refractivity contribution in [3.63, 3.8) is 0 Å². The fourth-order valence-corrected chi connectivity index (χ4v) is 2.55. The molecular weight excluding hydrogens is 222 g/mol. The number of hydrogen-bond acceptors (Lipinski definition) is 2. The molecule has 0 fully saturated rings. The van der Waals surface area contributed by atoms with Gasteiger partial charge in [0.25, 0.3) is 0 Å². The molecule has 1 N–H and O–H groups in total. The van der Waals surface area contributed by atoms with Crippen molar-refractivity contribution in [2.45, 2.75) is 19.3 Å². The molecule has 0 saturated heterocycles. The Morgan fingerprint density at radius 2 is 2.06 bits per heavy atom. The number of rotatable bonds is 1. The Bertz CT molecular complexity index is 608. The van der Waals surface area contributed by atoms with Crippen LogP contribution in [-0.4, -0.2) is 12.0 Å². The van der Waals surface area contributed by atoms with Crippen molar-refractivity contribution < 1.29 is 8.78 Å². The first-order valence-corrected chi connectivity index (χ1v) is 5.69. The molecule has 1 heterocycles. The SMILES string of the molecule is CNc1c2c(nc3c(F)c(F)ccc13)CCC2. The van der Waals surface area contributed by atoms with Crippen LogP contribution in [0, 0.1) is 11.6 Å². The fourth-order valence-electron chi connectivity index (χ4n) is 2.55. The molecule has 0 amide bonds. The molecule has 0 saturated carbocycles. The Balaban J connectivity index is 2.44. The molecule has 3 rings (SSSR count). The summed E-state index contributed by atoms with van der Waals surface area (Å²) in [6, 6.07) is 2.74. The number of pyridine rings is 1. The van der Waals surface area contributed by atoms with Crippen LogP contribution in [0.25, 0.3) is 10.9 Å². The van der Waals surface area contributed by atoms with Crippen molar-refractivity contribution >= 4 is 16.6 Å². The highest BCUT2D eigenvalue weighted by atomic mass is 19.2. The van der Waals surface area contributed by atoms with Crippen molar-refractivity contribution in [2.24, 2.45) is 0 Å². The molecule has 1 aliphatic rings. The first-order valence-electron chi connectivity index (χ1n) is 5.69. The zero-order valence-electron chi connectivity index (χ0n) is 9.48. The van der Waals surface area contributed by atoms with E-state index >= 15 is 0 Å². The molecule has 0 aliphatic heterocycles. The molecule has 1 aromatic carbocycles. The summed E-state index contributed by atoms with van der Waals surface area (Å²) in [4.78, 5) is 4.27. The minimum atomic E-state index is -0.853. The maximum Gasteiger partial charge on any atom is 0.185 e. The van der Waals surface area contributed by atoms with Gasteiger partial charge in [0, 0.05) is 23.8 Å². The van der Waals surface area contributed by atoms with Crippen LogP contribution in [0.2, 0.25) is 0 Å². The molecule has 0 unspecified atom stereocenters. The zero-order valence-corrected chi connectivity index (χ0v) is 9.48. The molecular formula is C13H12F2N2. The maximum atomic E-state index is 13.7. The zero-order chi connectivity index (χ0) is 12.0. The Hall–Kier alpha value is -1.71. The topological polar surface area (TPSA) is 24.9 Å². The Morgan fingerprint density at radius 3 is 2.82 bits per heavy atom. The lowest BCUT2D eigenvalue weighted by Crippen LogP contribution is -2.01. The molecule has 0 radical (unpaired) electrons. The van der Waals surface area contributed by atoms with E-state index in [0.717, 1.165) is 42.3 Å². The van der Waals surface area contributed by atoms with Crippen LogP contribution < -0.4 is 5.32 Å². The number of hydrogen-bond donors (Lipinski definition) is 1. The number of nitrogens with zero attached hydrogens (tertiary/aromatic N) is 1. The van der Waals surface area contributed by atoms with Crippen LogP contribution in [0.5, 0.6) is 0 Å². The van der Waals surface area contributed by atoms with Crippen molar-refractivity contribution in [3.8, 4) is 0 Å². The summed E-state index contributed by atoms with van der Waals surface area (Å²) in [7, 11) is 1.80. The second-order valence-corrected chi connectivity index (χ2v) is 4.27. The van der Waals surface area contributed by atoms with Crippen LogP contribution in [0.15, 0.2) is 12.1 Å². The lowest BCUT2D eigenvalue weighted by atomic mass is 10.1. The average molecular weight is 234 g/mol. The van der Waals surface area contributed by atoms with E-state index in [1.165, 1.54) is 0 Å². The highest BCUT2D eigenvalue weighted by molar-refractivity contribution is 5.94. The standard InChI is InChI=1S/C13H12F2N2/c1-16-12-7-3-2-4-10(7)17-13-8(12)5-6-9(14)11(13)15/h5-6H,2-4H2,1H3,(H,16,17). The molecule has 88 valence electrons. The summed E-state index contributed by atoms with van der Waals surface area (Å²) in [5.74, 6) is -1.70. The van der Waals surface area contributed by atoms with Crippen LogP contribution in [-0.2, 0) is 12.8 Å². The minimum Gasteiger partial charge on any atom is -0.387 e. The molecule has 17 heavy (non-hydrogen) atoms. The van der Waals surface area contributed by atoms with Gasteiger partial charge in [0.05, 0.1) is 0 Å². The van der Waals surface area contributed by atoms with Crippen LogP contribution in [0.3, 0.4) is 0 Å². The molecule has 1 aromatic heterocycles. The van der Waals surface area contributed by atoms with E-state index in [-0.39, 0.29) is 5.52 Å². The number of aromatic nitrogens is 1. The highest BCUT2D eigenvalue weighted by Gasteiger charge is 2.21. The van der Waals surface area contributed by atoms with E-state index in [9.17, 15) is 8.78 Å². The fraction of sp³-hybridized carbons (Fsp3) is 0.308. The number of anilines is 1. The van der Waals surface area contributed by atoms with Crippen LogP contribution in [0.4, 0.5) is 14.5 Å². The normalized spacial score (nSPS) is 14.1. The van der Waals surface area contributed by atoms with Gasteiger partial charge in [-0.1, -0.05) is 0 Å². The van der Waals surface area contributed by atoms with Crippen molar-refractivity contribution in [3.05, 3.63) is 35.0 Å². The Kier molecular flexibility index (Phi) is 2.24. The molecule has 4 heteroatoms. The molecule has 0 bridgehead atoms. The van der Waals surface area contributed by atoms with Crippen molar-refractivity contribution in [1.29, 1.82) is 0 Å². The van der Waals surface area contributed by atoms with E-state index in [4.69, 9.17) is 0 Å². The largest absolute Gasteiger partial charge is 0.387 e. The lowest BCUT2D eigenvalue weighted by molar-refractivity contribution is 0.515. The summed E-state index contributed by atoms with van der Waals surface area (Å²) in [5.41, 5.74) is 3.06. The predicted molar refractivity (Wildman–Crippen MR) is 63.2 cm³/mol. The lowest BCUT2D eigenvalue weighted by Gasteiger charge is -2.12. The third-order valence-electron chi connectivity index (χ3n) is 3.33. The molecule has 0 atom stereocenters. The maximum absolute atomic E-state index is 13.7. The highest BCUT2D eigenvalue weighted by Crippen LogP contribution is 2.34. The van der Waals surface area contributed by atoms with E-state index < -0.39 is 11.6 Å². The summed E-state index contributed by atoms with van der Waals surface area (Å²) in [6.07, 6.45) is 2.82. The Labute approximate surface area is 97.7 Å². The summed E-state index contributed by atoms with van der Waals surface area (Å²) < 4.78 is 26.9. The van der Waals surface area contributed by atoms with Gasteiger partial charge in [-0.25, -0.2) is 13.8 Å². The van der Waals surface area contributed by atoms with Gasteiger partial charge in [0.1, 0.15) is 5.52 Å². The van der Waals surface area contributed by atoms with Gasteiger partial charge in [-0.05, 0) is 37.0 Å². The second-order valence-electron chi connectivity index (χ2n) is 4.27. The molecule has 2 aromatic rings. The molecule has 0 spiro atoms. The summed E-state index contributed by atoms with van der Waals surface area (Å²) >= 11 is 0. The van der Waals surface area contributed by atoms with Gasteiger partial charge < -0.3 is 5.32 Å². The van der Waals surface area contributed by atoms with Gasteiger partial charge in [0.2, 0.25) is 0 Å². The van der Waals surface area contributed by atoms with Gasteiger partial charge in [-0.15, -0.1) is 0 Å². The number of halogens is 2. The second kappa shape index (κ2) is 3.65. The number of aryl methyl sites for hydroxylation is 1. The van der Waals surface area contributed by atoms with E-state index in [1.54, 1.807) is 13.1 Å². The predicted octanol–water partition coefficient (Wildman–Crippen LogP) is 3.04. The van der Waals surface area contributed by atoms with Gasteiger partial charge in [0.15, 0.2) is 11.6 Å². The van der Waals surface area contributed by atoms with Crippen molar-refractivity contribution in [2.75, 3.05) is 12.4 Å². The monoisotopic (exact) mass is 234 g/mol.